The number of benzene rings is 1. The molecule has 1 atom stereocenters. The van der Waals surface area contributed by atoms with Gasteiger partial charge in [-0.25, -0.2) is 17.5 Å². The van der Waals surface area contributed by atoms with Crippen molar-refractivity contribution in [2.24, 2.45) is 5.73 Å². The van der Waals surface area contributed by atoms with Crippen LogP contribution in [0.25, 0.3) is 5.57 Å². The van der Waals surface area contributed by atoms with E-state index in [0.717, 1.165) is 28.5 Å². The van der Waals surface area contributed by atoms with Crippen LogP contribution in [0.4, 0.5) is 10.1 Å². The summed E-state index contributed by atoms with van der Waals surface area (Å²) in [7, 11) is -3.56. The van der Waals surface area contributed by atoms with E-state index in [0.29, 0.717) is 37.2 Å². The highest BCUT2D eigenvalue weighted by Gasteiger charge is 2.32. The van der Waals surface area contributed by atoms with Gasteiger partial charge in [0.25, 0.3) is 0 Å². The number of fused-ring (bicyclic) bond motifs is 1. The van der Waals surface area contributed by atoms with Crippen molar-refractivity contribution in [3.05, 3.63) is 46.1 Å². The lowest BCUT2D eigenvalue weighted by atomic mass is 9.95. The van der Waals surface area contributed by atoms with E-state index in [-0.39, 0.29) is 11.6 Å². The van der Waals surface area contributed by atoms with Gasteiger partial charge in [0.15, 0.2) is 0 Å². The van der Waals surface area contributed by atoms with Crippen LogP contribution in [-0.2, 0) is 16.4 Å². The lowest BCUT2D eigenvalue weighted by Gasteiger charge is -2.36. The molecule has 146 valence electrons. The number of primary amides is 1. The Bertz CT molecular complexity index is 953. The maximum atomic E-state index is 15.1. The van der Waals surface area contributed by atoms with E-state index in [1.54, 1.807) is 0 Å². The molecule has 0 aromatic heterocycles. The number of carbonyl (C=O) groups excluding carboxylic acids is 1. The standard InChI is InChI=1S/C19H24FN3O3S/c1-4-27(25,26)22-13-6-5-7-23(10-13)18-16(20)9-15(19(21)24)14-8-11(2)12(3)17(14)18/h4,9,13,22H,1,5-8,10H2,2-3H3,(H2,21,24)/t13-/m0/s1. The van der Waals surface area contributed by atoms with Crippen LogP contribution in [0.15, 0.2) is 23.6 Å². The third-order valence-corrected chi connectivity index (χ3v) is 6.47. The monoisotopic (exact) mass is 393 g/mol. The van der Waals surface area contributed by atoms with Crippen LogP contribution in [0, 0.1) is 5.82 Å². The summed E-state index contributed by atoms with van der Waals surface area (Å²) in [4.78, 5) is 13.7. The number of anilines is 1. The van der Waals surface area contributed by atoms with Gasteiger partial charge in [-0.3, -0.25) is 4.79 Å². The molecule has 2 aliphatic rings. The van der Waals surface area contributed by atoms with E-state index < -0.39 is 21.7 Å². The smallest absolute Gasteiger partial charge is 0.249 e. The number of nitrogens with one attached hydrogen (secondary N) is 1. The van der Waals surface area contributed by atoms with Gasteiger partial charge in [-0.15, -0.1) is 0 Å². The molecule has 8 heteroatoms. The average molecular weight is 393 g/mol. The highest BCUT2D eigenvalue weighted by Crippen LogP contribution is 2.43. The first kappa shape index (κ1) is 19.6. The first-order chi connectivity index (χ1) is 12.6. The predicted molar refractivity (Wildman–Crippen MR) is 104 cm³/mol. The fourth-order valence-corrected chi connectivity index (χ4v) is 4.72. The Morgan fingerprint density at radius 2 is 2.15 bits per heavy atom. The molecule has 0 spiro atoms. The maximum absolute atomic E-state index is 15.1. The summed E-state index contributed by atoms with van der Waals surface area (Å²) in [5, 5.41) is 0.877. The largest absolute Gasteiger partial charge is 0.367 e. The lowest BCUT2D eigenvalue weighted by Crippen LogP contribution is -2.47. The molecular weight excluding hydrogens is 369 g/mol. The molecule has 27 heavy (non-hydrogen) atoms. The Hall–Kier alpha value is -2.19. The van der Waals surface area contributed by atoms with Gasteiger partial charge in [0, 0.05) is 35.7 Å². The summed E-state index contributed by atoms with van der Waals surface area (Å²) in [6, 6.07) is 0.874. The summed E-state index contributed by atoms with van der Waals surface area (Å²) in [6.07, 6.45) is 1.95. The van der Waals surface area contributed by atoms with Crippen molar-refractivity contribution in [3.63, 3.8) is 0 Å². The SMILES string of the molecule is C=CS(=O)(=O)N[C@H]1CCCN(c2c(F)cc(C(N)=O)c3c2C(C)=C(C)C3)C1. The molecule has 1 aromatic rings. The van der Waals surface area contributed by atoms with Crippen LogP contribution >= 0.6 is 0 Å². The maximum Gasteiger partial charge on any atom is 0.249 e. The molecule has 1 fully saturated rings. The van der Waals surface area contributed by atoms with Crippen molar-refractivity contribution in [2.45, 2.75) is 39.2 Å². The number of allylic oxidation sites excluding steroid dienone is 2. The molecule has 1 aliphatic carbocycles. The number of nitrogens with zero attached hydrogens (tertiary/aromatic N) is 1. The van der Waals surface area contributed by atoms with Gasteiger partial charge < -0.3 is 10.6 Å². The van der Waals surface area contributed by atoms with Crippen LogP contribution in [0.2, 0.25) is 0 Å². The number of hydrogen-bond donors (Lipinski definition) is 2. The molecule has 0 radical (unpaired) electrons. The Morgan fingerprint density at radius 1 is 1.44 bits per heavy atom. The van der Waals surface area contributed by atoms with Crippen LogP contribution in [0.3, 0.4) is 0 Å². The minimum Gasteiger partial charge on any atom is -0.367 e. The zero-order valence-corrected chi connectivity index (χ0v) is 16.3. The first-order valence-corrected chi connectivity index (χ1v) is 10.4. The molecule has 3 rings (SSSR count). The highest BCUT2D eigenvalue weighted by atomic mass is 32.2. The Kier molecular flexibility index (Phi) is 5.14. The number of amides is 1. The van der Waals surface area contributed by atoms with Gasteiger partial charge in [0.1, 0.15) is 5.82 Å². The minimum atomic E-state index is -3.56. The molecule has 1 heterocycles. The summed E-state index contributed by atoms with van der Waals surface area (Å²) < 4.78 is 41.2. The van der Waals surface area contributed by atoms with Crippen molar-refractivity contribution in [1.82, 2.24) is 4.72 Å². The van der Waals surface area contributed by atoms with Gasteiger partial charge in [-0.2, -0.15) is 0 Å². The fourth-order valence-electron chi connectivity index (χ4n) is 3.96. The Labute approximate surface area is 159 Å². The van der Waals surface area contributed by atoms with Gasteiger partial charge in [0.05, 0.1) is 5.69 Å². The minimum absolute atomic E-state index is 0.211. The molecule has 0 bridgehead atoms. The van der Waals surface area contributed by atoms with E-state index >= 15 is 4.39 Å². The number of halogens is 1. The highest BCUT2D eigenvalue weighted by molar-refractivity contribution is 7.92. The average Bonchev–Trinajstić information content (AvgIpc) is 2.89. The molecule has 0 saturated carbocycles. The molecule has 0 unspecified atom stereocenters. The van der Waals surface area contributed by atoms with E-state index in [2.05, 4.69) is 11.3 Å². The molecule has 1 aromatic carbocycles. The second-order valence-corrected chi connectivity index (χ2v) is 8.83. The molecular formula is C19H24FN3O3S. The van der Waals surface area contributed by atoms with Crippen LogP contribution in [-0.4, -0.2) is 33.5 Å². The number of sulfonamides is 1. The van der Waals surface area contributed by atoms with Crippen molar-refractivity contribution >= 4 is 27.2 Å². The molecule has 1 saturated heterocycles. The Balaban J connectivity index is 2.03. The molecule has 6 nitrogen and oxygen atoms in total. The number of nitrogens with two attached hydrogens (primary N) is 1. The van der Waals surface area contributed by atoms with Crippen LogP contribution in [0.5, 0.6) is 0 Å². The Morgan fingerprint density at radius 3 is 2.78 bits per heavy atom. The summed E-state index contributed by atoms with van der Waals surface area (Å²) >= 11 is 0. The second-order valence-electron chi connectivity index (χ2n) is 7.17. The van der Waals surface area contributed by atoms with Gasteiger partial charge in [-0.05, 0) is 50.3 Å². The number of hydrogen-bond acceptors (Lipinski definition) is 4. The zero-order chi connectivity index (χ0) is 19.9. The van der Waals surface area contributed by atoms with Crippen LogP contribution < -0.4 is 15.4 Å². The predicted octanol–water partition coefficient (Wildman–Crippen LogP) is 2.31. The molecule has 3 N–H and O–H groups in total. The van der Waals surface area contributed by atoms with Crippen molar-refractivity contribution < 1.29 is 17.6 Å². The van der Waals surface area contributed by atoms with Crippen molar-refractivity contribution in [2.75, 3.05) is 18.0 Å². The van der Waals surface area contributed by atoms with Crippen LogP contribution in [0.1, 0.15) is 48.2 Å². The van der Waals surface area contributed by atoms with E-state index in [9.17, 15) is 13.2 Å². The third kappa shape index (κ3) is 3.64. The topological polar surface area (TPSA) is 92.5 Å². The van der Waals surface area contributed by atoms with E-state index in [1.807, 2.05) is 18.7 Å². The van der Waals surface area contributed by atoms with E-state index in [4.69, 9.17) is 5.73 Å². The lowest BCUT2D eigenvalue weighted by molar-refractivity contribution is 0.0999. The summed E-state index contributed by atoms with van der Waals surface area (Å²) in [6.45, 7) is 8.13. The first-order valence-electron chi connectivity index (χ1n) is 8.86. The number of rotatable bonds is 5. The van der Waals surface area contributed by atoms with Gasteiger partial charge >= 0.3 is 0 Å². The summed E-state index contributed by atoms with van der Waals surface area (Å²) in [5.41, 5.74) is 9.57. The van der Waals surface area contributed by atoms with Crippen molar-refractivity contribution in [1.29, 1.82) is 0 Å². The number of piperidine rings is 1. The zero-order valence-electron chi connectivity index (χ0n) is 15.5. The summed E-state index contributed by atoms with van der Waals surface area (Å²) in [5.74, 6) is -1.15. The van der Waals surface area contributed by atoms with Gasteiger partial charge in [0.2, 0.25) is 15.9 Å². The van der Waals surface area contributed by atoms with Crippen molar-refractivity contribution in [3.8, 4) is 0 Å². The fraction of sp³-hybridized carbons (Fsp3) is 0.421. The normalized spacial score (nSPS) is 20.0. The molecule has 1 amide bonds. The number of carbonyl (C=O) groups is 1. The third-order valence-electron chi connectivity index (χ3n) is 5.37. The second kappa shape index (κ2) is 7.09. The quantitative estimate of drug-likeness (QED) is 0.803. The van der Waals surface area contributed by atoms with E-state index in [1.165, 1.54) is 6.07 Å². The molecule has 1 aliphatic heterocycles. The van der Waals surface area contributed by atoms with Gasteiger partial charge in [-0.1, -0.05) is 12.2 Å².